The second-order valence-electron chi connectivity index (χ2n) is 6.17. The quantitative estimate of drug-likeness (QED) is 0.863. The molecular weight excluding hydrogens is 331 g/mol. The van der Waals surface area contributed by atoms with E-state index in [0.717, 1.165) is 24.1 Å². The van der Waals surface area contributed by atoms with E-state index < -0.39 is 17.2 Å². The van der Waals surface area contributed by atoms with Gasteiger partial charge in [0.25, 0.3) is 0 Å². The van der Waals surface area contributed by atoms with Crippen LogP contribution in [0, 0.1) is 0 Å². The molecule has 1 aliphatic carbocycles. The fourth-order valence-corrected chi connectivity index (χ4v) is 3.18. The number of benzene rings is 2. The van der Waals surface area contributed by atoms with E-state index in [1.54, 1.807) is 13.2 Å². The molecule has 1 saturated carbocycles. The van der Waals surface area contributed by atoms with Gasteiger partial charge in [-0.25, -0.2) is 0 Å². The predicted molar refractivity (Wildman–Crippen MR) is 88.6 cm³/mol. The van der Waals surface area contributed by atoms with Crippen LogP contribution in [0.4, 0.5) is 18.9 Å². The van der Waals surface area contributed by atoms with E-state index in [1.165, 1.54) is 12.1 Å². The van der Waals surface area contributed by atoms with Crippen molar-refractivity contribution in [3.05, 3.63) is 59.7 Å². The van der Waals surface area contributed by atoms with E-state index in [0.29, 0.717) is 24.3 Å². The minimum atomic E-state index is -4.39. The standard InChI is InChI=1S/C19H18F3NO2/c1-25-16-6-3-2-5-15(16)18(11-4-12-18)17(24)23-14-9-7-13(8-10-14)19(20,21)22/h2-3,5-10H,4,11-12H2,1H3,(H,23,24). The Bertz CT molecular complexity index is 765. The molecule has 0 aromatic heterocycles. The molecule has 0 aliphatic heterocycles. The summed E-state index contributed by atoms with van der Waals surface area (Å²) in [7, 11) is 1.55. The SMILES string of the molecule is COc1ccccc1C1(C(=O)Nc2ccc(C(F)(F)F)cc2)CCC1. The molecular formula is C19H18F3NO2. The molecule has 0 atom stereocenters. The lowest BCUT2D eigenvalue weighted by Gasteiger charge is -2.41. The number of alkyl halides is 3. The minimum Gasteiger partial charge on any atom is -0.496 e. The number of carbonyl (C=O) groups excluding carboxylic acids is 1. The smallest absolute Gasteiger partial charge is 0.416 e. The maximum atomic E-state index is 12.9. The Labute approximate surface area is 143 Å². The van der Waals surface area contributed by atoms with Gasteiger partial charge in [-0.05, 0) is 43.2 Å². The van der Waals surface area contributed by atoms with E-state index >= 15 is 0 Å². The third kappa shape index (κ3) is 3.21. The Balaban J connectivity index is 1.84. The number of para-hydroxylation sites is 1. The van der Waals surface area contributed by atoms with Gasteiger partial charge in [0.1, 0.15) is 5.75 Å². The van der Waals surface area contributed by atoms with Crippen molar-refractivity contribution in [2.24, 2.45) is 0 Å². The van der Waals surface area contributed by atoms with Gasteiger partial charge in [0.15, 0.2) is 0 Å². The van der Waals surface area contributed by atoms with E-state index in [-0.39, 0.29) is 5.91 Å². The van der Waals surface area contributed by atoms with Gasteiger partial charge in [-0.15, -0.1) is 0 Å². The predicted octanol–water partition coefficient (Wildman–Crippen LogP) is 4.77. The Hall–Kier alpha value is -2.50. The molecule has 0 radical (unpaired) electrons. The van der Waals surface area contributed by atoms with Crippen LogP contribution in [0.2, 0.25) is 0 Å². The number of amides is 1. The molecule has 1 N–H and O–H groups in total. The summed E-state index contributed by atoms with van der Waals surface area (Å²) in [5, 5.41) is 2.75. The number of nitrogens with one attached hydrogen (secondary N) is 1. The molecule has 1 amide bonds. The van der Waals surface area contributed by atoms with E-state index in [9.17, 15) is 18.0 Å². The summed E-state index contributed by atoms with van der Waals surface area (Å²) in [6.07, 6.45) is -2.12. The highest BCUT2D eigenvalue weighted by Gasteiger charge is 2.47. The van der Waals surface area contributed by atoms with Crippen molar-refractivity contribution >= 4 is 11.6 Å². The minimum absolute atomic E-state index is 0.219. The van der Waals surface area contributed by atoms with Crippen LogP contribution < -0.4 is 10.1 Å². The van der Waals surface area contributed by atoms with Gasteiger partial charge in [0, 0.05) is 11.3 Å². The highest BCUT2D eigenvalue weighted by molar-refractivity contribution is 6.00. The number of hydrogen-bond acceptors (Lipinski definition) is 2. The van der Waals surface area contributed by atoms with E-state index in [1.807, 2.05) is 18.2 Å². The second kappa shape index (κ2) is 6.43. The fourth-order valence-electron chi connectivity index (χ4n) is 3.18. The lowest BCUT2D eigenvalue weighted by molar-refractivity contribution is -0.137. The number of carbonyl (C=O) groups is 1. The van der Waals surface area contributed by atoms with Crippen LogP contribution in [0.1, 0.15) is 30.4 Å². The first-order valence-electron chi connectivity index (χ1n) is 7.99. The van der Waals surface area contributed by atoms with Gasteiger partial charge in [0.05, 0.1) is 18.1 Å². The van der Waals surface area contributed by atoms with Crippen molar-refractivity contribution in [2.75, 3.05) is 12.4 Å². The first-order chi connectivity index (χ1) is 11.9. The fraction of sp³-hybridized carbons (Fsp3) is 0.316. The molecule has 0 saturated heterocycles. The van der Waals surface area contributed by atoms with Crippen LogP contribution in [0.25, 0.3) is 0 Å². The lowest BCUT2D eigenvalue weighted by atomic mass is 9.63. The van der Waals surface area contributed by atoms with Crippen LogP contribution in [0.5, 0.6) is 5.75 Å². The Morgan fingerprint density at radius 3 is 2.24 bits per heavy atom. The number of rotatable bonds is 4. The summed E-state index contributed by atoms with van der Waals surface area (Å²) in [5.41, 5.74) is -0.282. The van der Waals surface area contributed by atoms with Crippen molar-refractivity contribution in [1.29, 1.82) is 0 Å². The van der Waals surface area contributed by atoms with Gasteiger partial charge in [-0.1, -0.05) is 24.6 Å². The third-order valence-corrected chi connectivity index (χ3v) is 4.73. The van der Waals surface area contributed by atoms with Gasteiger partial charge in [-0.2, -0.15) is 13.2 Å². The monoisotopic (exact) mass is 349 g/mol. The zero-order valence-corrected chi connectivity index (χ0v) is 13.7. The second-order valence-corrected chi connectivity index (χ2v) is 6.17. The number of halogens is 3. The van der Waals surface area contributed by atoms with E-state index in [2.05, 4.69) is 5.32 Å². The summed E-state index contributed by atoms with van der Waals surface area (Å²) in [5.74, 6) is 0.424. The molecule has 0 heterocycles. The number of methoxy groups -OCH3 is 1. The van der Waals surface area contributed by atoms with Crippen LogP contribution in [0.15, 0.2) is 48.5 Å². The largest absolute Gasteiger partial charge is 0.496 e. The van der Waals surface area contributed by atoms with Gasteiger partial charge in [-0.3, -0.25) is 4.79 Å². The van der Waals surface area contributed by atoms with Gasteiger partial charge < -0.3 is 10.1 Å². The van der Waals surface area contributed by atoms with Gasteiger partial charge in [0.2, 0.25) is 5.91 Å². The molecule has 3 rings (SSSR count). The first-order valence-corrected chi connectivity index (χ1v) is 7.99. The zero-order valence-electron chi connectivity index (χ0n) is 13.7. The number of anilines is 1. The summed E-state index contributed by atoms with van der Waals surface area (Å²) in [4.78, 5) is 12.9. The molecule has 132 valence electrons. The average Bonchev–Trinajstić information content (AvgIpc) is 2.54. The molecule has 3 nitrogen and oxygen atoms in total. The Morgan fingerprint density at radius 2 is 1.72 bits per heavy atom. The van der Waals surface area contributed by atoms with Gasteiger partial charge >= 0.3 is 6.18 Å². The van der Waals surface area contributed by atoms with Crippen molar-refractivity contribution in [2.45, 2.75) is 30.9 Å². The molecule has 0 bridgehead atoms. The Morgan fingerprint density at radius 1 is 1.08 bits per heavy atom. The third-order valence-electron chi connectivity index (χ3n) is 4.73. The van der Waals surface area contributed by atoms with E-state index in [4.69, 9.17) is 4.74 Å². The Kier molecular flexibility index (Phi) is 4.45. The first kappa shape index (κ1) is 17.3. The number of ether oxygens (including phenoxy) is 1. The molecule has 1 aliphatic rings. The average molecular weight is 349 g/mol. The van der Waals surface area contributed by atoms with Crippen LogP contribution in [-0.2, 0) is 16.4 Å². The molecule has 1 fully saturated rings. The number of hydrogen-bond donors (Lipinski definition) is 1. The normalized spacial score (nSPS) is 16.0. The summed E-state index contributed by atoms with van der Waals surface area (Å²) in [6.45, 7) is 0. The van der Waals surface area contributed by atoms with Crippen LogP contribution >= 0.6 is 0 Å². The van der Waals surface area contributed by atoms with Crippen molar-refractivity contribution < 1.29 is 22.7 Å². The summed E-state index contributed by atoms with van der Waals surface area (Å²) >= 11 is 0. The summed E-state index contributed by atoms with van der Waals surface area (Å²) in [6, 6.07) is 11.8. The summed E-state index contributed by atoms with van der Waals surface area (Å²) < 4.78 is 43.3. The molecule has 2 aromatic rings. The molecule has 0 unspecified atom stereocenters. The topological polar surface area (TPSA) is 38.3 Å². The molecule has 25 heavy (non-hydrogen) atoms. The molecule has 0 spiro atoms. The van der Waals surface area contributed by atoms with Crippen molar-refractivity contribution in [3.63, 3.8) is 0 Å². The zero-order chi connectivity index (χ0) is 18.1. The maximum absolute atomic E-state index is 12.9. The van der Waals surface area contributed by atoms with Crippen molar-refractivity contribution in [3.8, 4) is 5.75 Å². The van der Waals surface area contributed by atoms with Crippen molar-refractivity contribution in [1.82, 2.24) is 0 Å². The van der Waals surface area contributed by atoms with Crippen LogP contribution in [-0.4, -0.2) is 13.0 Å². The highest BCUT2D eigenvalue weighted by Crippen LogP contribution is 2.47. The lowest BCUT2D eigenvalue weighted by Crippen LogP contribution is -2.46. The molecule has 6 heteroatoms. The van der Waals surface area contributed by atoms with Crippen LogP contribution in [0.3, 0.4) is 0 Å². The maximum Gasteiger partial charge on any atom is 0.416 e. The highest BCUT2D eigenvalue weighted by atomic mass is 19.4. The molecule has 2 aromatic carbocycles.